The molecule has 0 atom stereocenters. The zero-order chi connectivity index (χ0) is 17.1. The number of likely N-dealkylation sites (tertiary alicyclic amines) is 1. The number of amides is 2. The first-order valence-corrected chi connectivity index (χ1v) is 8.21. The number of aryl methyl sites for hydroxylation is 1. The minimum absolute atomic E-state index is 0.0223. The highest BCUT2D eigenvalue weighted by atomic mass is 16.2. The van der Waals surface area contributed by atoms with Crippen LogP contribution in [-0.2, 0) is 9.59 Å². The minimum atomic E-state index is -0.0450. The number of nitrogens with one attached hydrogen (secondary N) is 2. The van der Waals surface area contributed by atoms with Crippen LogP contribution < -0.4 is 5.32 Å². The summed E-state index contributed by atoms with van der Waals surface area (Å²) in [5.41, 5.74) is 3.63. The second kappa shape index (κ2) is 6.86. The number of imidazole rings is 1. The molecule has 0 unspecified atom stereocenters. The molecule has 2 N–H and O–H groups in total. The molecule has 0 aliphatic carbocycles. The number of hydrogen-bond donors (Lipinski definition) is 2. The summed E-state index contributed by atoms with van der Waals surface area (Å²) in [4.78, 5) is 33.0. The van der Waals surface area contributed by atoms with Gasteiger partial charge in [-0.1, -0.05) is 12.1 Å². The van der Waals surface area contributed by atoms with Crippen molar-refractivity contribution in [3.63, 3.8) is 0 Å². The number of nitrogens with zero attached hydrogens (tertiary/aromatic N) is 2. The van der Waals surface area contributed by atoms with Crippen LogP contribution in [0.1, 0.15) is 25.5 Å². The van der Waals surface area contributed by atoms with E-state index in [0.717, 1.165) is 22.6 Å². The Morgan fingerprint density at radius 2 is 2.04 bits per heavy atom. The first-order chi connectivity index (χ1) is 11.5. The van der Waals surface area contributed by atoms with E-state index in [0.29, 0.717) is 25.9 Å². The molecule has 24 heavy (non-hydrogen) atoms. The maximum absolute atomic E-state index is 12.5. The SMILES string of the molecule is CC(=O)N1CCC(C(=O)Nc2cccc(-c3nc[nH]c3C)c2)CC1. The molecular formula is C18H22N4O2. The molecule has 0 spiro atoms. The molecule has 2 heterocycles. The molecule has 126 valence electrons. The van der Waals surface area contributed by atoms with E-state index in [1.54, 1.807) is 18.2 Å². The average molecular weight is 326 g/mol. The summed E-state index contributed by atoms with van der Waals surface area (Å²) in [6.07, 6.45) is 3.09. The van der Waals surface area contributed by atoms with Crippen LogP contribution in [0.2, 0.25) is 0 Å². The van der Waals surface area contributed by atoms with Gasteiger partial charge in [0.05, 0.1) is 12.0 Å². The van der Waals surface area contributed by atoms with Gasteiger partial charge in [0, 0.05) is 42.9 Å². The van der Waals surface area contributed by atoms with Crippen LogP contribution in [-0.4, -0.2) is 39.8 Å². The quantitative estimate of drug-likeness (QED) is 0.910. The van der Waals surface area contributed by atoms with Crippen LogP contribution in [0, 0.1) is 12.8 Å². The Morgan fingerprint density at radius 3 is 2.67 bits per heavy atom. The fourth-order valence-corrected chi connectivity index (χ4v) is 3.10. The van der Waals surface area contributed by atoms with Crippen molar-refractivity contribution in [1.29, 1.82) is 0 Å². The number of carbonyl (C=O) groups is 2. The van der Waals surface area contributed by atoms with Crippen molar-refractivity contribution < 1.29 is 9.59 Å². The Kier molecular flexibility index (Phi) is 4.64. The molecule has 6 nitrogen and oxygen atoms in total. The van der Waals surface area contributed by atoms with E-state index >= 15 is 0 Å². The second-order valence-corrected chi connectivity index (χ2v) is 6.23. The molecule has 2 amide bonds. The smallest absolute Gasteiger partial charge is 0.227 e. The summed E-state index contributed by atoms with van der Waals surface area (Å²) in [5, 5.41) is 3.00. The third-order valence-electron chi connectivity index (χ3n) is 4.54. The number of rotatable bonds is 3. The second-order valence-electron chi connectivity index (χ2n) is 6.23. The summed E-state index contributed by atoms with van der Waals surface area (Å²) < 4.78 is 0. The maximum atomic E-state index is 12.5. The lowest BCUT2D eigenvalue weighted by Crippen LogP contribution is -2.40. The van der Waals surface area contributed by atoms with E-state index in [4.69, 9.17) is 0 Å². The van der Waals surface area contributed by atoms with Crippen LogP contribution >= 0.6 is 0 Å². The van der Waals surface area contributed by atoms with Gasteiger partial charge in [-0.2, -0.15) is 0 Å². The number of piperidine rings is 1. The van der Waals surface area contributed by atoms with Gasteiger partial charge < -0.3 is 15.2 Å². The number of H-pyrrole nitrogens is 1. The molecule has 1 aromatic carbocycles. The maximum Gasteiger partial charge on any atom is 0.227 e. The molecule has 1 aliphatic rings. The average Bonchev–Trinajstić information content (AvgIpc) is 3.01. The van der Waals surface area contributed by atoms with Crippen molar-refractivity contribution in [2.75, 3.05) is 18.4 Å². The lowest BCUT2D eigenvalue weighted by molar-refractivity contribution is -0.132. The summed E-state index contributed by atoms with van der Waals surface area (Å²) in [7, 11) is 0. The van der Waals surface area contributed by atoms with E-state index in [2.05, 4.69) is 15.3 Å². The highest BCUT2D eigenvalue weighted by Gasteiger charge is 2.26. The van der Waals surface area contributed by atoms with Gasteiger partial charge in [0.2, 0.25) is 11.8 Å². The Labute approximate surface area is 141 Å². The van der Waals surface area contributed by atoms with Crippen LogP contribution in [0.5, 0.6) is 0 Å². The van der Waals surface area contributed by atoms with Gasteiger partial charge in [-0.25, -0.2) is 4.98 Å². The molecule has 1 fully saturated rings. The largest absolute Gasteiger partial charge is 0.348 e. The number of anilines is 1. The Hall–Kier alpha value is -2.63. The number of aromatic nitrogens is 2. The zero-order valence-electron chi connectivity index (χ0n) is 14.0. The van der Waals surface area contributed by atoms with Crippen LogP contribution in [0.25, 0.3) is 11.3 Å². The highest BCUT2D eigenvalue weighted by Crippen LogP contribution is 2.24. The molecule has 1 aromatic heterocycles. The summed E-state index contributed by atoms with van der Waals surface area (Å²) in [5.74, 6) is 0.0569. The monoisotopic (exact) mass is 326 g/mol. The molecule has 0 saturated carbocycles. The summed E-state index contributed by atoms with van der Waals surface area (Å²) >= 11 is 0. The van der Waals surface area contributed by atoms with E-state index in [1.807, 2.05) is 31.2 Å². The summed E-state index contributed by atoms with van der Waals surface area (Å²) in [6, 6.07) is 7.71. The fourth-order valence-electron chi connectivity index (χ4n) is 3.10. The zero-order valence-corrected chi connectivity index (χ0v) is 14.0. The van der Waals surface area contributed by atoms with Gasteiger partial charge in [-0.3, -0.25) is 9.59 Å². The van der Waals surface area contributed by atoms with E-state index in [9.17, 15) is 9.59 Å². The third kappa shape index (κ3) is 3.48. The number of benzene rings is 1. The predicted molar refractivity (Wildman–Crippen MR) is 92.4 cm³/mol. The van der Waals surface area contributed by atoms with Gasteiger partial charge in [0.15, 0.2) is 0 Å². The van der Waals surface area contributed by atoms with Gasteiger partial charge in [0.1, 0.15) is 0 Å². The van der Waals surface area contributed by atoms with Gasteiger partial charge in [-0.05, 0) is 31.9 Å². The van der Waals surface area contributed by atoms with Crippen molar-refractivity contribution in [1.82, 2.24) is 14.9 Å². The van der Waals surface area contributed by atoms with Crippen molar-refractivity contribution in [2.45, 2.75) is 26.7 Å². The van der Waals surface area contributed by atoms with E-state index in [1.165, 1.54) is 0 Å². The Bertz CT molecular complexity index is 745. The molecule has 6 heteroatoms. The van der Waals surface area contributed by atoms with Crippen molar-refractivity contribution >= 4 is 17.5 Å². The fraction of sp³-hybridized carbons (Fsp3) is 0.389. The molecule has 1 saturated heterocycles. The standard InChI is InChI=1S/C18H22N4O2/c1-12-17(20-11-19-12)15-4-3-5-16(10-15)21-18(24)14-6-8-22(9-7-14)13(2)23/h3-5,10-11,14H,6-9H2,1-2H3,(H,19,20)(H,21,24). The first-order valence-electron chi connectivity index (χ1n) is 8.21. The summed E-state index contributed by atoms with van der Waals surface area (Å²) in [6.45, 7) is 4.85. The number of hydrogen-bond acceptors (Lipinski definition) is 3. The normalized spacial score (nSPS) is 15.3. The molecule has 0 bridgehead atoms. The molecule has 2 aromatic rings. The van der Waals surface area contributed by atoms with E-state index < -0.39 is 0 Å². The van der Waals surface area contributed by atoms with E-state index in [-0.39, 0.29) is 17.7 Å². The molecule has 1 aliphatic heterocycles. The van der Waals surface area contributed by atoms with Gasteiger partial charge in [-0.15, -0.1) is 0 Å². The van der Waals surface area contributed by atoms with Crippen LogP contribution in [0.4, 0.5) is 5.69 Å². The van der Waals surface area contributed by atoms with Crippen LogP contribution in [0.15, 0.2) is 30.6 Å². The predicted octanol–water partition coefficient (Wildman–Crippen LogP) is 2.58. The molecular weight excluding hydrogens is 304 g/mol. The van der Waals surface area contributed by atoms with Crippen LogP contribution in [0.3, 0.4) is 0 Å². The van der Waals surface area contributed by atoms with Crippen molar-refractivity contribution in [2.24, 2.45) is 5.92 Å². The number of carbonyl (C=O) groups excluding carboxylic acids is 2. The Morgan fingerprint density at radius 1 is 1.29 bits per heavy atom. The molecule has 0 radical (unpaired) electrons. The number of aromatic amines is 1. The lowest BCUT2D eigenvalue weighted by atomic mass is 9.95. The third-order valence-corrected chi connectivity index (χ3v) is 4.54. The molecule has 3 rings (SSSR count). The Balaban J connectivity index is 1.65. The minimum Gasteiger partial charge on any atom is -0.348 e. The van der Waals surface area contributed by atoms with Crippen molar-refractivity contribution in [3.8, 4) is 11.3 Å². The first kappa shape index (κ1) is 16.2. The highest BCUT2D eigenvalue weighted by molar-refractivity contribution is 5.93. The lowest BCUT2D eigenvalue weighted by Gasteiger charge is -2.30. The van der Waals surface area contributed by atoms with Crippen molar-refractivity contribution in [3.05, 3.63) is 36.3 Å². The van der Waals surface area contributed by atoms with Gasteiger partial charge >= 0.3 is 0 Å². The van der Waals surface area contributed by atoms with Gasteiger partial charge in [0.25, 0.3) is 0 Å². The topological polar surface area (TPSA) is 78.1 Å².